The van der Waals surface area contributed by atoms with Crippen LogP contribution in [0.1, 0.15) is 29.9 Å². The van der Waals surface area contributed by atoms with Gasteiger partial charge in [0.25, 0.3) is 11.8 Å². The molecule has 2 rings (SSSR count). The van der Waals surface area contributed by atoms with Crippen molar-refractivity contribution < 1.29 is 9.59 Å². The van der Waals surface area contributed by atoms with Gasteiger partial charge in [-0.1, -0.05) is 12.1 Å². The minimum Gasteiger partial charge on any atom is -0.339 e. The first kappa shape index (κ1) is 15.7. The molecule has 1 aromatic heterocycles. The molecule has 1 N–H and O–H groups in total. The number of amides is 2. The van der Waals surface area contributed by atoms with E-state index in [0.717, 1.165) is 18.5 Å². The van der Waals surface area contributed by atoms with Gasteiger partial charge in [-0.2, -0.15) is 0 Å². The molecular weight excluding hydrogens is 286 g/mol. The van der Waals surface area contributed by atoms with Gasteiger partial charge in [-0.25, -0.2) is 5.01 Å². The van der Waals surface area contributed by atoms with Crippen LogP contribution in [0.25, 0.3) is 0 Å². The van der Waals surface area contributed by atoms with Crippen molar-refractivity contribution >= 4 is 23.2 Å². The molecule has 0 spiro atoms. The van der Waals surface area contributed by atoms with Gasteiger partial charge in [0.15, 0.2) is 0 Å². The molecule has 0 saturated heterocycles. The largest absolute Gasteiger partial charge is 0.339 e. The normalized spacial score (nSPS) is 15.4. The zero-order chi connectivity index (χ0) is 15.2. The highest BCUT2D eigenvalue weighted by molar-refractivity contribution is 7.12. The Morgan fingerprint density at radius 3 is 2.76 bits per heavy atom. The molecule has 1 aliphatic rings. The van der Waals surface area contributed by atoms with E-state index in [1.807, 2.05) is 36.4 Å². The second kappa shape index (κ2) is 7.38. The average molecular weight is 307 g/mol. The molecule has 1 aliphatic heterocycles. The van der Waals surface area contributed by atoms with Crippen molar-refractivity contribution in [3.8, 4) is 0 Å². The maximum absolute atomic E-state index is 12.3. The molecule has 0 saturated carbocycles. The molecule has 0 aromatic carbocycles. The van der Waals surface area contributed by atoms with Gasteiger partial charge in [0.05, 0.1) is 4.88 Å². The summed E-state index contributed by atoms with van der Waals surface area (Å²) in [5.74, 6) is -0.0448. The number of hydrogen-bond acceptors (Lipinski definition) is 4. The zero-order valence-corrected chi connectivity index (χ0v) is 13.3. The standard InChI is InChI=1S/C15H21N3O2S/c1-3-17(4-2)15(20)12-7-5-9-18(11-12)16-14(19)13-8-6-10-21-13/h6-8,10H,3-5,9,11H2,1-2H3,(H,16,19). The highest BCUT2D eigenvalue weighted by Crippen LogP contribution is 2.13. The van der Waals surface area contributed by atoms with Crippen LogP contribution in [0.15, 0.2) is 29.2 Å². The Kier molecular flexibility index (Phi) is 5.52. The van der Waals surface area contributed by atoms with E-state index < -0.39 is 0 Å². The van der Waals surface area contributed by atoms with Crippen molar-refractivity contribution in [2.45, 2.75) is 20.3 Å². The minimum atomic E-state index is -0.110. The highest BCUT2D eigenvalue weighted by atomic mass is 32.1. The topological polar surface area (TPSA) is 52.7 Å². The van der Waals surface area contributed by atoms with Gasteiger partial charge in [0.2, 0.25) is 0 Å². The Hall–Kier alpha value is -1.66. The third-order valence-corrected chi connectivity index (χ3v) is 4.35. The predicted molar refractivity (Wildman–Crippen MR) is 84.0 cm³/mol. The summed E-state index contributed by atoms with van der Waals surface area (Å²) < 4.78 is 0. The molecule has 2 heterocycles. The van der Waals surface area contributed by atoms with E-state index in [1.165, 1.54) is 11.3 Å². The Morgan fingerprint density at radius 1 is 1.38 bits per heavy atom. The van der Waals surface area contributed by atoms with Gasteiger partial charge < -0.3 is 4.90 Å². The Bertz CT molecular complexity index is 521. The lowest BCUT2D eigenvalue weighted by atomic mass is 10.1. The first-order valence-electron chi connectivity index (χ1n) is 7.23. The summed E-state index contributed by atoms with van der Waals surface area (Å²) in [6.07, 6.45) is 2.75. The number of carbonyl (C=O) groups is 2. The summed E-state index contributed by atoms with van der Waals surface area (Å²) in [5, 5.41) is 3.69. The van der Waals surface area contributed by atoms with Crippen LogP contribution in [-0.4, -0.2) is 47.9 Å². The molecule has 21 heavy (non-hydrogen) atoms. The SMILES string of the molecule is CCN(CC)C(=O)C1=CCCN(NC(=O)c2cccs2)C1. The predicted octanol–water partition coefficient (Wildman–Crippen LogP) is 1.89. The van der Waals surface area contributed by atoms with Crippen molar-refractivity contribution in [2.75, 3.05) is 26.2 Å². The summed E-state index contributed by atoms with van der Waals surface area (Å²) in [6.45, 7) is 6.54. The van der Waals surface area contributed by atoms with E-state index in [0.29, 0.717) is 24.5 Å². The fourth-order valence-electron chi connectivity index (χ4n) is 2.31. The van der Waals surface area contributed by atoms with Crippen LogP contribution < -0.4 is 5.43 Å². The minimum absolute atomic E-state index is 0.0649. The summed E-state index contributed by atoms with van der Waals surface area (Å²) in [7, 11) is 0. The first-order valence-corrected chi connectivity index (χ1v) is 8.11. The number of nitrogens with zero attached hydrogens (tertiary/aromatic N) is 2. The van der Waals surface area contributed by atoms with Crippen LogP contribution in [0.4, 0.5) is 0 Å². The van der Waals surface area contributed by atoms with E-state index in [-0.39, 0.29) is 11.8 Å². The third kappa shape index (κ3) is 3.92. The molecule has 1 aromatic rings. The molecular formula is C15H21N3O2S. The zero-order valence-electron chi connectivity index (χ0n) is 12.5. The monoisotopic (exact) mass is 307 g/mol. The molecule has 0 aliphatic carbocycles. The van der Waals surface area contributed by atoms with Crippen molar-refractivity contribution in [1.82, 2.24) is 15.3 Å². The molecule has 0 fully saturated rings. The molecule has 0 bridgehead atoms. The molecule has 0 radical (unpaired) electrons. The molecule has 114 valence electrons. The van der Waals surface area contributed by atoms with Crippen molar-refractivity contribution in [3.63, 3.8) is 0 Å². The maximum Gasteiger partial charge on any atom is 0.275 e. The van der Waals surface area contributed by atoms with E-state index in [4.69, 9.17) is 0 Å². The van der Waals surface area contributed by atoms with Gasteiger partial charge in [0.1, 0.15) is 0 Å². The Morgan fingerprint density at radius 2 is 2.14 bits per heavy atom. The van der Waals surface area contributed by atoms with Gasteiger partial charge in [-0.3, -0.25) is 15.0 Å². The van der Waals surface area contributed by atoms with Gasteiger partial charge in [-0.05, 0) is 31.7 Å². The fraction of sp³-hybridized carbons (Fsp3) is 0.467. The second-order valence-corrected chi connectivity index (χ2v) is 5.78. The van der Waals surface area contributed by atoms with Crippen molar-refractivity contribution in [3.05, 3.63) is 34.0 Å². The molecule has 2 amide bonds. The molecule has 6 heteroatoms. The number of rotatable bonds is 5. The van der Waals surface area contributed by atoms with E-state index >= 15 is 0 Å². The number of hydrogen-bond donors (Lipinski definition) is 1. The average Bonchev–Trinajstić information content (AvgIpc) is 3.03. The van der Waals surface area contributed by atoms with Crippen molar-refractivity contribution in [2.24, 2.45) is 0 Å². The Labute approximate surface area is 129 Å². The maximum atomic E-state index is 12.3. The fourth-order valence-corrected chi connectivity index (χ4v) is 2.93. The van der Waals surface area contributed by atoms with Gasteiger partial charge in [0, 0.05) is 31.8 Å². The van der Waals surface area contributed by atoms with E-state index in [2.05, 4.69) is 5.43 Å². The Balaban J connectivity index is 1.95. The number of carbonyl (C=O) groups excluding carboxylic acids is 2. The summed E-state index contributed by atoms with van der Waals surface area (Å²) in [4.78, 5) is 26.9. The van der Waals surface area contributed by atoms with Crippen LogP contribution in [0.3, 0.4) is 0 Å². The van der Waals surface area contributed by atoms with E-state index in [1.54, 1.807) is 11.0 Å². The van der Waals surface area contributed by atoms with Gasteiger partial charge in [-0.15, -0.1) is 11.3 Å². The van der Waals surface area contributed by atoms with E-state index in [9.17, 15) is 9.59 Å². The highest BCUT2D eigenvalue weighted by Gasteiger charge is 2.22. The first-order chi connectivity index (χ1) is 10.2. The second-order valence-electron chi connectivity index (χ2n) is 4.84. The lowest BCUT2D eigenvalue weighted by Crippen LogP contribution is -2.47. The number of likely N-dealkylation sites (N-methyl/N-ethyl adjacent to an activating group) is 1. The van der Waals surface area contributed by atoms with Crippen LogP contribution in [-0.2, 0) is 4.79 Å². The van der Waals surface area contributed by atoms with Crippen LogP contribution in [0.2, 0.25) is 0 Å². The lowest BCUT2D eigenvalue weighted by molar-refractivity contribution is -0.127. The summed E-state index contributed by atoms with van der Waals surface area (Å²) >= 11 is 1.41. The van der Waals surface area contributed by atoms with Crippen LogP contribution in [0, 0.1) is 0 Å². The van der Waals surface area contributed by atoms with Crippen molar-refractivity contribution in [1.29, 1.82) is 0 Å². The number of thiophene rings is 1. The quantitative estimate of drug-likeness (QED) is 0.904. The number of nitrogens with one attached hydrogen (secondary N) is 1. The van der Waals surface area contributed by atoms with Crippen LogP contribution in [0.5, 0.6) is 0 Å². The van der Waals surface area contributed by atoms with Crippen LogP contribution >= 0.6 is 11.3 Å². The molecule has 5 nitrogen and oxygen atoms in total. The molecule has 0 unspecified atom stereocenters. The molecule has 0 atom stereocenters. The number of hydrazine groups is 1. The smallest absolute Gasteiger partial charge is 0.275 e. The summed E-state index contributed by atoms with van der Waals surface area (Å²) in [5.41, 5.74) is 3.63. The lowest BCUT2D eigenvalue weighted by Gasteiger charge is -2.29. The third-order valence-electron chi connectivity index (χ3n) is 3.48. The van der Waals surface area contributed by atoms with Gasteiger partial charge >= 0.3 is 0 Å². The summed E-state index contributed by atoms with van der Waals surface area (Å²) in [6, 6.07) is 3.65.